The zero-order chi connectivity index (χ0) is 19.6. The van der Waals surface area contributed by atoms with Gasteiger partial charge < -0.3 is 9.72 Å². The number of ether oxygens (including phenoxy) is 1. The minimum Gasteiger partial charge on any atom is -0.461 e. The zero-order valence-electron chi connectivity index (χ0n) is 16.4. The summed E-state index contributed by atoms with van der Waals surface area (Å²) in [5.74, 6) is 1.86. The van der Waals surface area contributed by atoms with Crippen molar-refractivity contribution >= 4 is 11.0 Å². The van der Waals surface area contributed by atoms with Crippen LogP contribution in [0.3, 0.4) is 0 Å². The summed E-state index contributed by atoms with van der Waals surface area (Å²) in [6, 6.07) is 18.8. The Kier molecular flexibility index (Phi) is 4.49. The van der Waals surface area contributed by atoms with Gasteiger partial charge in [-0.05, 0) is 42.7 Å². The molecule has 5 rings (SSSR count). The molecule has 29 heavy (non-hydrogen) atoms. The van der Waals surface area contributed by atoms with Crippen molar-refractivity contribution in [1.82, 2.24) is 9.97 Å². The maximum atomic E-state index is 6.24. The second-order valence-corrected chi connectivity index (χ2v) is 7.34. The number of nitrogens with one attached hydrogen (secondary N) is 1. The minimum atomic E-state index is 0.864. The first-order chi connectivity index (χ1) is 14.3. The smallest absolute Gasteiger partial charge is 0.137 e. The average Bonchev–Trinajstić information content (AvgIpc) is 3.18. The molecule has 0 aliphatic heterocycles. The Labute approximate surface area is 170 Å². The van der Waals surface area contributed by atoms with Crippen LogP contribution >= 0.6 is 0 Å². The third-order valence-electron chi connectivity index (χ3n) is 5.38. The molecule has 2 heterocycles. The number of rotatable bonds is 4. The molecule has 0 unspecified atom stereocenters. The molecule has 0 saturated heterocycles. The molecule has 0 radical (unpaired) electrons. The monoisotopic (exact) mass is 378 g/mol. The third-order valence-corrected chi connectivity index (χ3v) is 5.38. The van der Waals surface area contributed by atoms with Crippen molar-refractivity contribution in [2.45, 2.75) is 19.8 Å². The summed E-state index contributed by atoms with van der Waals surface area (Å²) in [5.41, 5.74) is 6.64. The fraction of sp³-hybridized carbons (Fsp3) is 0.115. The number of aromatic amines is 1. The van der Waals surface area contributed by atoms with E-state index in [4.69, 9.17) is 4.74 Å². The molecule has 2 aromatic heterocycles. The molecule has 0 saturated carbocycles. The fourth-order valence-corrected chi connectivity index (χ4v) is 3.85. The quantitative estimate of drug-likeness (QED) is 0.423. The standard InChI is InChI=1S/C26H22N2O/c1-18-9-5-6-12-21(18)24-17-28-26-23(24)15-19(16-27-26)22-13-7-8-14-25(22)29-20-10-3-2-4-11-20/h2-3,5-10,12-17H,4,11H2,1H3,(H,27,28). The van der Waals surface area contributed by atoms with Gasteiger partial charge in [0.25, 0.3) is 0 Å². The molecular formula is C26H22N2O. The topological polar surface area (TPSA) is 37.9 Å². The lowest BCUT2D eigenvalue weighted by Crippen LogP contribution is -1.98. The molecule has 0 fully saturated rings. The molecule has 2 aromatic carbocycles. The molecule has 0 spiro atoms. The van der Waals surface area contributed by atoms with E-state index in [9.17, 15) is 0 Å². The van der Waals surface area contributed by atoms with E-state index in [-0.39, 0.29) is 0 Å². The van der Waals surface area contributed by atoms with E-state index in [2.05, 4.69) is 65.4 Å². The van der Waals surface area contributed by atoms with Crippen molar-refractivity contribution in [1.29, 1.82) is 0 Å². The molecule has 3 heteroatoms. The highest BCUT2D eigenvalue weighted by Gasteiger charge is 2.13. The van der Waals surface area contributed by atoms with Crippen LogP contribution in [0, 0.1) is 6.92 Å². The van der Waals surface area contributed by atoms with Crippen molar-refractivity contribution < 1.29 is 4.74 Å². The first kappa shape index (κ1) is 17.5. The first-order valence-electron chi connectivity index (χ1n) is 9.96. The summed E-state index contributed by atoms with van der Waals surface area (Å²) < 4.78 is 6.24. The lowest BCUT2D eigenvalue weighted by molar-refractivity contribution is 0.404. The molecular weight excluding hydrogens is 356 g/mol. The highest BCUT2D eigenvalue weighted by molar-refractivity contribution is 5.96. The number of aromatic nitrogens is 2. The van der Waals surface area contributed by atoms with E-state index in [1.165, 1.54) is 16.7 Å². The summed E-state index contributed by atoms with van der Waals surface area (Å²) in [7, 11) is 0. The van der Waals surface area contributed by atoms with Crippen molar-refractivity contribution in [3.8, 4) is 28.0 Å². The predicted molar refractivity (Wildman–Crippen MR) is 119 cm³/mol. The van der Waals surface area contributed by atoms with Crippen LogP contribution in [0.4, 0.5) is 0 Å². The second-order valence-electron chi connectivity index (χ2n) is 7.34. The summed E-state index contributed by atoms with van der Waals surface area (Å²) in [6.07, 6.45) is 12.2. The molecule has 0 bridgehead atoms. The van der Waals surface area contributed by atoms with E-state index >= 15 is 0 Å². The van der Waals surface area contributed by atoms with Crippen molar-refractivity contribution in [3.63, 3.8) is 0 Å². The van der Waals surface area contributed by atoms with E-state index in [1.807, 2.05) is 36.7 Å². The van der Waals surface area contributed by atoms with Gasteiger partial charge in [0.05, 0.1) is 0 Å². The fourth-order valence-electron chi connectivity index (χ4n) is 3.85. The third kappa shape index (κ3) is 3.36. The van der Waals surface area contributed by atoms with Crippen LogP contribution < -0.4 is 4.74 Å². The molecule has 3 nitrogen and oxygen atoms in total. The number of fused-ring (bicyclic) bond motifs is 1. The Hall–Kier alpha value is -3.59. The number of H-pyrrole nitrogens is 1. The lowest BCUT2D eigenvalue weighted by Gasteiger charge is -2.15. The maximum absolute atomic E-state index is 6.24. The van der Waals surface area contributed by atoms with Crippen molar-refractivity contribution in [2.24, 2.45) is 0 Å². The first-order valence-corrected chi connectivity index (χ1v) is 9.96. The van der Waals surface area contributed by atoms with Crippen LogP contribution in [0.2, 0.25) is 0 Å². The van der Waals surface area contributed by atoms with E-state index in [0.717, 1.165) is 46.5 Å². The van der Waals surface area contributed by atoms with E-state index in [1.54, 1.807) is 0 Å². The molecule has 1 aliphatic carbocycles. The highest BCUT2D eigenvalue weighted by atomic mass is 16.5. The lowest BCUT2D eigenvalue weighted by atomic mass is 9.99. The average molecular weight is 378 g/mol. The number of benzene rings is 2. The predicted octanol–water partition coefficient (Wildman–Crippen LogP) is 6.82. The summed E-state index contributed by atoms with van der Waals surface area (Å²) >= 11 is 0. The molecule has 0 amide bonds. The second kappa shape index (κ2) is 7.44. The number of pyridine rings is 1. The Morgan fingerprint density at radius 2 is 1.79 bits per heavy atom. The number of allylic oxidation sites excluding steroid dienone is 4. The van der Waals surface area contributed by atoms with Gasteiger partial charge in [-0.2, -0.15) is 0 Å². The largest absolute Gasteiger partial charge is 0.461 e. The van der Waals surface area contributed by atoms with E-state index < -0.39 is 0 Å². The molecule has 1 aliphatic rings. The SMILES string of the molecule is Cc1ccccc1-c1c[nH]c2ncc(-c3ccccc3OC3=CC=CCC3)cc12. The Balaban J connectivity index is 1.60. The highest BCUT2D eigenvalue weighted by Crippen LogP contribution is 2.36. The van der Waals surface area contributed by atoms with Crippen molar-refractivity contribution in [3.05, 3.63) is 96.5 Å². The number of hydrogen-bond acceptors (Lipinski definition) is 2. The van der Waals surface area contributed by atoms with Gasteiger partial charge in [-0.25, -0.2) is 4.98 Å². The van der Waals surface area contributed by atoms with Crippen LogP contribution in [0.5, 0.6) is 5.75 Å². The molecule has 142 valence electrons. The Bertz CT molecular complexity index is 1250. The minimum absolute atomic E-state index is 0.864. The summed E-state index contributed by atoms with van der Waals surface area (Å²) in [4.78, 5) is 8.00. The number of para-hydroxylation sites is 1. The number of nitrogens with zero attached hydrogens (tertiary/aromatic N) is 1. The van der Waals surface area contributed by atoms with Crippen LogP contribution in [-0.2, 0) is 0 Å². The van der Waals surface area contributed by atoms with Gasteiger partial charge in [-0.15, -0.1) is 0 Å². The van der Waals surface area contributed by atoms with Gasteiger partial charge in [-0.3, -0.25) is 0 Å². The Morgan fingerprint density at radius 1 is 0.966 bits per heavy atom. The van der Waals surface area contributed by atoms with Gasteiger partial charge in [-0.1, -0.05) is 54.6 Å². The normalized spacial score (nSPS) is 13.5. The number of hydrogen-bond donors (Lipinski definition) is 1. The molecule has 4 aromatic rings. The van der Waals surface area contributed by atoms with Crippen LogP contribution in [0.25, 0.3) is 33.3 Å². The maximum Gasteiger partial charge on any atom is 0.137 e. The molecule has 0 atom stereocenters. The summed E-state index contributed by atoms with van der Waals surface area (Å²) in [5, 5.41) is 1.12. The van der Waals surface area contributed by atoms with Gasteiger partial charge in [0.1, 0.15) is 17.2 Å². The van der Waals surface area contributed by atoms with Crippen molar-refractivity contribution in [2.75, 3.05) is 0 Å². The van der Waals surface area contributed by atoms with E-state index in [0.29, 0.717) is 0 Å². The van der Waals surface area contributed by atoms with Crippen LogP contribution in [-0.4, -0.2) is 9.97 Å². The van der Waals surface area contributed by atoms with Gasteiger partial charge in [0.15, 0.2) is 0 Å². The van der Waals surface area contributed by atoms with Gasteiger partial charge >= 0.3 is 0 Å². The zero-order valence-corrected chi connectivity index (χ0v) is 16.4. The van der Waals surface area contributed by atoms with Gasteiger partial charge in [0, 0.05) is 40.9 Å². The number of aryl methyl sites for hydroxylation is 1. The Morgan fingerprint density at radius 3 is 2.62 bits per heavy atom. The van der Waals surface area contributed by atoms with Gasteiger partial charge in [0.2, 0.25) is 0 Å². The summed E-state index contributed by atoms with van der Waals surface area (Å²) in [6.45, 7) is 2.14. The van der Waals surface area contributed by atoms with Crippen LogP contribution in [0.15, 0.2) is 91.0 Å². The van der Waals surface area contributed by atoms with Crippen LogP contribution in [0.1, 0.15) is 18.4 Å². The molecule has 1 N–H and O–H groups in total.